The highest BCUT2D eigenvalue weighted by Crippen LogP contribution is 2.38. The van der Waals surface area contributed by atoms with Gasteiger partial charge in [0.2, 0.25) is 0 Å². The van der Waals surface area contributed by atoms with E-state index in [1.807, 2.05) is 7.05 Å². The predicted octanol–water partition coefficient (Wildman–Crippen LogP) is 3.25. The summed E-state index contributed by atoms with van der Waals surface area (Å²) < 4.78 is 11.4. The SMILES string of the molecule is CNC(c1ccc(C)cc1OC)c1cccc2c1OCC2. The van der Waals surface area contributed by atoms with E-state index >= 15 is 0 Å². The lowest BCUT2D eigenvalue weighted by Crippen LogP contribution is -2.19. The van der Waals surface area contributed by atoms with Crippen LogP contribution in [0.15, 0.2) is 36.4 Å². The van der Waals surface area contributed by atoms with Gasteiger partial charge in [-0.25, -0.2) is 0 Å². The second-order valence-corrected chi connectivity index (χ2v) is 5.40. The number of methoxy groups -OCH3 is 1. The summed E-state index contributed by atoms with van der Waals surface area (Å²) in [7, 11) is 3.69. The quantitative estimate of drug-likeness (QED) is 0.934. The fourth-order valence-corrected chi connectivity index (χ4v) is 3.00. The molecule has 1 aliphatic rings. The van der Waals surface area contributed by atoms with Crippen molar-refractivity contribution in [3.63, 3.8) is 0 Å². The topological polar surface area (TPSA) is 30.5 Å². The van der Waals surface area contributed by atoms with Gasteiger partial charge in [-0.15, -0.1) is 0 Å². The van der Waals surface area contributed by atoms with E-state index in [1.54, 1.807) is 7.11 Å². The highest BCUT2D eigenvalue weighted by Gasteiger charge is 2.24. The summed E-state index contributed by atoms with van der Waals surface area (Å²) in [6.07, 6.45) is 0.991. The number of rotatable bonds is 4. The Morgan fingerprint density at radius 2 is 2.05 bits per heavy atom. The van der Waals surface area contributed by atoms with Gasteiger partial charge in [-0.3, -0.25) is 0 Å². The predicted molar refractivity (Wildman–Crippen MR) is 84.3 cm³/mol. The number of aryl methyl sites for hydroxylation is 1. The van der Waals surface area contributed by atoms with Crippen molar-refractivity contribution >= 4 is 0 Å². The number of fused-ring (bicyclic) bond motifs is 1. The van der Waals surface area contributed by atoms with Gasteiger partial charge in [-0.1, -0.05) is 30.3 Å². The number of nitrogens with one attached hydrogen (secondary N) is 1. The zero-order chi connectivity index (χ0) is 14.8. The van der Waals surface area contributed by atoms with Crippen LogP contribution in [0, 0.1) is 6.92 Å². The molecule has 3 rings (SSSR count). The zero-order valence-electron chi connectivity index (χ0n) is 12.8. The molecule has 0 bridgehead atoms. The van der Waals surface area contributed by atoms with Crippen molar-refractivity contribution < 1.29 is 9.47 Å². The first-order valence-electron chi connectivity index (χ1n) is 7.31. The Kier molecular flexibility index (Phi) is 3.84. The summed E-state index contributed by atoms with van der Waals surface area (Å²) >= 11 is 0. The first-order valence-corrected chi connectivity index (χ1v) is 7.31. The molecule has 0 saturated heterocycles. The van der Waals surface area contributed by atoms with Gasteiger partial charge < -0.3 is 14.8 Å². The summed E-state index contributed by atoms with van der Waals surface area (Å²) in [6, 6.07) is 12.8. The second-order valence-electron chi connectivity index (χ2n) is 5.40. The Morgan fingerprint density at radius 1 is 1.19 bits per heavy atom. The Labute approximate surface area is 125 Å². The molecule has 2 aromatic rings. The number of benzene rings is 2. The van der Waals surface area contributed by atoms with Crippen molar-refractivity contribution in [1.82, 2.24) is 5.32 Å². The van der Waals surface area contributed by atoms with E-state index in [2.05, 4.69) is 48.6 Å². The fraction of sp³-hybridized carbons (Fsp3) is 0.333. The van der Waals surface area contributed by atoms with E-state index in [9.17, 15) is 0 Å². The van der Waals surface area contributed by atoms with Crippen LogP contribution in [0.5, 0.6) is 11.5 Å². The van der Waals surface area contributed by atoms with Crippen molar-refractivity contribution in [3.8, 4) is 11.5 Å². The van der Waals surface area contributed by atoms with Crippen LogP contribution >= 0.6 is 0 Å². The molecule has 0 spiro atoms. The molecule has 0 aromatic heterocycles. The van der Waals surface area contributed by atoms with Gasteiger partial charge in [0, 0.05) is 17.5 Å². The Morgan fingerprint density at radius 3 is 2.81 bits per heavy atom. The molecule has 1 aliphatic heterocycles. The lowest BCUT2D eigenvalue weighted by atomic mass is 9.94. The molecular formula is C18H21NO2. The monoisotopic (exact) mass is 283 g/mol. The molecule has 1 unspecified atom stereocenters. The molecule has 0 saturated carbocycles. The van der Waals surface area contributed by atoms with Gasteiger partial charge in [0.15, 0.2) is 0 Å². The fourth-order valence-electron chi connectivity index (χ4n) is 3.00. The Bertz CT molecular complexity index is 652. The van der Waals surface area contributed by atoms with E-state index in [-0.39, 0.29) is 6.04 Å². The molecule has 1 atom stereocenters. The minimum Gasteiger partial charge on any atom is -0.496 e. The van der Waals surface area contributed by atoms with E-state index in [4.69, 9.17) is 9.47 Å². The highest BCUT2D eigenvalue weighted by molar-refractivity contribution is 5.51. The molecule has 3 nitrogen and oxygen atoms in total. The average molecular weight is 283 g/mol. The second kappa shape index (κ2) is 5.78. The largest absolute Gasteiger partial charge is 0.496 e. The van der Waals surface area contributed by atoms with Gasteiger partial charge in [0.25, 0.3) is 0 Å². The summed E-state index contributed by atoms with van der Waals surface area (Å²) in [5, 5.41) is 3.40. The van der Waals surface area contributed by atoms with Crippen molar-refractivity contribution in [2.45, 2.75) is 19.4 Å². The molecule has 2 aromatic carbocycles. The van der Waals surface area contributed by atoms with Crippen molar-refractivity contribution in [1.29, 1.82) is 0 Å². The Hall–Kier alpha value is -2.00. The average Bonchev–Trinajstić information content (AvgIpc) is 2.98. The maximum atomic E-state index is 5.85. The van der Waals surface area contributed by atoms with Crippen LogP contribution in [0.2, 0.25) is 0 Å². The first-order chi connectivity index (χ1) is 10.2. The third-order valence-electron chi connectivity index (χ3n) is 4.04. The maximum Gasteiger partial charge on any atom is 0.127 e. The van der Waals surface area contributed by atoms with E-state index in [0.29, 0.717) is 0 Å². The van der Waals surface area contributed by atoms with Gasteiger partial charge in [-0.2, -0.15) is 0 Å². The van der Waals surface area contributed by atoms with E-state index in [0.717, 1.165) is 30.1 Å². The molecule has 0 radical (unpaired) electrons. The van der Waals surface area contributed by atoms with Crippen LogP contribution in [0.4, 0.5) is 0 Å². The smallest absolute Gasteiger partial charge is 0.127 e. The van der Waals surface area contributed by atoms with Gasteiger partial charge >= 0.3 is 0 Å². The van der Waals surface area contributed by atoms with Crippen LogP contribution in [-0.4, -0.2) is 20.8 Å². The number of para-hydroxylation sites is 1. The molecule has 110 valence electrons. The minimum atomic E-state index is 0.0635. The van der Waals surface area contributed by atoms with Crippen LogP contribution in [0.3, 0.4) is 0 Å². The third-order valence-corrected chi connectivity index (χ3v) is 4.04. The van der Waals surface area contributed by atoms with E-state index in [1.165, 1.54) is 16.7 Å². The number of ether oxygens (including phenoxy) is 2. The number of hydrogen-bond donors (Lipinski definition) is 1. The molecule has 1 heterocycles. The van der Waals surface area contributed by atoms with Crippen molar-refractivity contribution in [2.24, 2.45) is 0 Å². The number of hydrogen-bond acceptors (Lipinski definition) is 3. The highest BCUT2D eigenvalue weighted by atomic mass is 16.5. The van der Waals surface area contributed by atoms with Crippen LogP contribution < -0.4 is 14.8 Å². The molecule has 0 fully saturated rings. The molecular weight excluding hydrogens is 262 g/mol. The minimum absolute atomic E-state index is 0.0635. The van der Waals surface area contributed by atoms with Gasteiger partial charge in [0.05, 0.1) is 19.8 Å². The van der Waals surface area contributed by atoms with Crippen LogP contribution in [0.25, 0.3) is 0 Å². The molecule has 1 N–H and O–H groups in total. The van der Waals surface area contributed by atoms with Gasteiger partial charge in [-0.05, 0) is 31.2 Å². The van der Waals surface area contributed by atoms with Crippen LogP contribution in [-0.2, 0) is 6.42 Å². The van der Waals surface area contributed by atoms with Crippen molar-refractivity contribution in [3.05, 3.63) is 58.7 Å². The third kappa shape index (κ3) is 2.49. The van der Waals surface area contributed by atoms with Crippen LogP contribution in [0.1, 0.15) is 28.3 Å². The molecule has 3 heteroatoms. The van der Waals surface area contributed by atoms with Crippen molar-refractivity contribution in [2.75, 3.05) is 20.8 Å². The summed E-state index contributed by atoms with van der Waals surface area (Å²) in [4.78, 5) is 0. The maximum absolute atomic E-state index is 5.85. The summed E-state index contributed by atoms with van der Waals surface area (Å²) in [5.74, 6) is 1.93. The molecule has 0 amide bonds. The molecule has 21 heavy (non-hydrogen) atoms. The summed E-state index contributed by atoms with van der Waals surface area (Å²) in [5.41, 5.74) is 4.79. The zero-order valence-corrected chi connectivity index (χ0v) is 12.8. The Balaban J connectivity index is 2.09. The first kappa shape index (κ1) is 14.0. The normalized spacial score (nSPS) is 14.4. The molecule has 0 aliphatic carbocycles. The lowest BCUT2D eigenvalue weighted by molar-refractivity contribution is 0.350. The lowest BCUT2D eigenvalue weighted by Gasteiger charge is -2.22. The summed E-state index contributed by atoms with van der Waals surface area (Å²) in [6.45, 7) is 2.85. The van der Waals surface area contributed by atoms with E-state index < -0.39 is 0 Å². The van der Waals surface area contributed by atoms with Gasteiger partial charge in [0.1, 0.15) is 11.5 Å². The standard InChI is InChI=1S/C18H21NO2/c1-12-7-8-14(16(11-12)20-3)17(19-2)15-6-4-5-13-9-10-21-18(13)15/h4-8,11,17,19H,9-10H2,1-3H3.